The van der Waals surface area contributed by atoms with E-state index in [4.69, 9.17) is 11.6 Å². The molecule has 0 radical (unpaired) electrons. The molecule has 2 heterocycles. The molecule has 0 amide bonds. The van der Waals surface area contributed by atoms with Crippen molar-refractivity contribution >= 4 is 23.2 Å². The molecule has 6 nitrogen and oxygen atoms in total. The molecule has 0 aliphatic carbocycles. The minimum atomic E-state index is 0.588. The Bertz CT molecular complexity index is 873. The summed E-state index contributed by atoms with van der Waals surface area (Å²) in [5.41, 5.74) is 1.97. The highest BCUT2D eigenvalue weighted by molar-refractivity contribution is 6.30. The molecule has 3 rings (SSSR count). The van der Waals surface area contributed by atoms with E-state index < -0.39 is 0 Å². The molecule has 0 unspecified atom stereocenters. The third-order valence-corrected chi connectivity index (χ3v) is 4.14. The first kappa shape index (κ1) is 18.2. The van der Waals surface area contributed by atoms with E-state index in [2.05, 4.69) is 32.7 Å². The first-order valence-corrected chi connectivity index (χ1v) is 9.19. The highest BCUT2D eigenvalue weighted by Gasteiger charge is 2.04. The van der Waals surface area contributed by atoms with Crippen LogP contribution in [0.15, 0.2) is 53.7 Å². The maximum absolute atomic E-state index is 6.02. The SMILES string of the molecule is CCNC(=NCc1cccc(Cl)c1)NCCCc1nnc2ccccn12. The normalized spacial score (nSPS) is 11.7. The van der Waals surface area contributed by atoms with Crippen LogP contribution in [0.3, 0.4) is 0 Å². The monoisotopic (exact) mass is 370 g/mol. The number of benzene rings is 1. The van der Waals surface area contributed by atoms with Gasteiger partial charge in [0.1, 0.15) is 5.82 Å². The Balaban J connectivity index is 1.51. The summed E-state index contributed by atoms with van der Waals surface area (Å²) in [5.74, 6) is 1.78. The van der Waals surface area contributed by atoms with Gasteiger partial charge in [0.2, 0.25) is 0 Å². The van der Waals surface area contributed by atoms with Crippen molar-refractivity contribution in [1.82, 2.24) is 25.2 Å². The lowest BCUT2D eigenvalue weighted by atomic mass is 10.2. The van der Waals surface area contributed by atoms with Crippen LogP contribution in [0.4, 0.5) is 0 Å². The van der Waals surface area contributed by atoms with Crippen molar-refractivity contribution in [1.29, 1.82) is 0 Å². The Kier molecular flexibility index (Phi) is 6.44. The topological polar surface area (TPSA) is 66.6 Å². The molecular weight excluding hydrogens is 348 g/mol. The fourth-order valence-corrected chi connectivity index (χ4v) is 2.87. The molecule has 0 fully saturated rings. The second-order valence-corrected chi connectivity index (χ2v) is 6.34. The lowest BCUT2D eigenvalue weighted by Crippen LogP contribution is -2.37. The summed E-state index contributed by atoms with van der Waals surface area (Å²) in [4.78, 5) is 4.61. The molecule has 0 aliphatic rings. The number of rotatable bonds is 7. The van der Waals surface area contributed by atoms with Crippen molar-refractivity contribution in [2.75, 3.05) is 13.1 Å². The minimum absolute atomic E-state index is 0.588. The molecule has 0 spiro atoms. The Morgan fingerprint density at radius 3 is 2.92 bits per heavy atom. The van der Waals surface area contributed by atoms with Gasteiger partial charge in [-0.3, -0.25) is 4.40 Å². The first-order chi connectivity index (χ1) is 12.8. The second-order valence-electron chi connectivity index (χ2n) is 5.90. The van der Waals surface area contributed by atoms with Gasteiger partial charge in [-0.05, 0) is 43.2 Å². The van der Waals surface area contributed by atoms with Gasteiger partial charge in [-0.1, -0.05) is 29.8 Å². The van der Waals surface area contributed by atoms with Gasteiger partial charge in [0, 0.05) is 30.7 Å². The van der Waals surface area contributed by atoms with E-state index in [-0.39, 0.29) is 0 Å². The largest absolute Gasteiger partial charge is 0.357 e. The Hall–Kier alpha value is -2.60. The number of halogens is 1. The number of hydrogen-bond donors (Lipinski definition) is 2. The molecule has 0 aliphatic heterocycles. The van der Waals surface area contributed by atoms with Crippen molar-refractivity contribution in [3.05, 3.63) is 65.1 Å². The number of aliphatic imine (C=N–C) groups is 1. The van der Waals surface area contributed by atoms with Gasteiger partial charge in [-0.15, -0.1) is 10.2 Å². The minimum Gasteiger partial charge on any atom is -0.357 e. The molecule has 2 aromatic heterocycles. The van der Waals surface area contributed by atoms with E-state index in [9.17, 15) is 0 Å². The summed E-state index contributed by atoms with van der Waals surface area (Å²) >= 11 is 6.02. The molecule has 0 saturated carbocycles. The second kappa shape index (κ2) is 9.20. The van der Waals surface area contributed by atoms with Crippen LogP contribution in [0.5, 0.6) is 0 Å². The average Bonchev–Trinajstić information content (AvgIpc) is 3.06. The number of nitrogens with one attached hydrogen (secondary N) is 2. The highest BCUT2D eigenvalue weighted by Crippen LogP contribution is 2.11. The molecule has 3 aromatic rings. The van der Waals surface area contributed by atoms with Crippen molar-refractivity contribution in [3.8, 4) is 0 Å². The van der Waals surface area contributed by atoms with Crippen LogP contribution in [0, 0.1) is 0 Å². The lowest BCUT2D eigenvalue weighted by molar-refractivity contribution is 0.715. The molecule has 0 bridgehead atoms. The number of aryl methyl sites for hydroxylation is 1. The van der Waals surface area contributed by atoms with Crippen LogP contribution in [0.1, 0.15) is 24.7 Å². The van der Waals surface area contributed by atoms with Crippen molar-refractivity contribution in [2.24, 2.45) is 4.99 Å². The zero-order valence-corrected chi connectivity index (χ0v) is 15.6. The molecule has 2 N–H and O–H groups in total. The smallest absolute Gasteiger partial charge is 0.191 e. The Morgan fingerprint density at radius 2 is 2.08 bits per heavy atom. The van der Waals surface area contributed by atoms with Gasteiger partial charge < -0.3 is 10.6 Å². The molecule has 7 heteroatoms. The van der Waals surface area contributed by atoms with Crippen molar-refractivity contribution in [3.63, 3.8) is 0 Å². The molecule has 0 atom stereocenters. The summed E-state index contributed by atoms with van der Waals surface area (Å²) in [5, 5.41) is 15.8. The lowest BCUT2D eigenvalue weighted by Gasteiger charge is -2.11. The van der Waals surface area contributed by atoms with Crippen LogP contribution in [0.25, 0.3) is 5.65 Å². The molecule has 0 saturated heterocycles. The van der Waals surface area contributed by atoms with Crippen LogP contribution < -0.4 is 10.6 Å². The van der Waals surface area contributed by atoms with E-state index in [1.807, 2.05) is 53.1 Å². The Labute approximate surface area is 158 Å². The van der Waals surface area contributed by atoms with Gasteiger partial charge in [0.15, 0.2) is 11.6 Å². The Morgan fingerprint density at radius 1 is 1.15 bits per heavy atom. The van der Waals surface area contributed by atoms with E-state index in [0.29, 0.717) is 6.54 Å². The summed E-state index contributed by atoms with van der Waals surface area (Å²) in [6.45, 7) is 4.27. The quantitative estimate of drug-likeness (QED) is 0.381. The van der Waals surface area contributed by atoms with Crippen LogP contribution in [0.2, 0.25) is 5.02 Å². The first-order valence-electron chi connectivity index (χ1n) is 8.81. The van der Waals surface area contributed by atoms with E-state index in [1.165, 1.54) is 0 Å². The number of pyridine rings is 1. The summed E-state index contributed by atoms with van der Waals surface area (Å²) in [6, 6.07) is 13.7. The van der Waals surface area contributed by atoms with Crippen LogP contribution >= 0.6 is 11.6 Å². The maximum Gasteiger partial charge on any atom is 0.191 e. The maximum atomic E-state index is 6.02. The van der Waals surface area contributed by atoms with Gasteiger partial charge in [0.05, 0.1) is 6.54 Å². The highest BCUT2D eigenvalue weighted by atomic mass is 35.5. The zero-order chi connectivity index (χ0) is 18.2. The number of nitrogens with zero attached hydrogens (tertiary/aromatic N) is 4. The van der Waals surface area contributed by atoms with Crippen LogP contribution in [-0.4, -0.2) is 33.6 Å². The fraction of sp³-hybridized carbons (Fsp3) is 0.316. The summed E-state index contributed by atoms with van der Waals surface area (Å²) in [6.07, 6.45) is 3.79. The van der Waals surface area contributed by atoms with Crippen molar-refractivity contribution in [2.45, 2.75) is 26.3 Å². The third kappa shape index (κ3) is 4.95. The summed E-state index contributed by atoms with van der Waals surface area (Å²) in [7, 11) is 0. The van der Waals surface area contributed by atoms with Gasteiger partial charge >= 0.3 is 0 Å². The zero-order valence-electron chi connectivity index (χ0n) is 14.8. The molecular formula is C19H23ClN6. The molecule has 26 heavy (non-hydrogen) atoms. The number of guanidine groups is 1. The average molecular weight is 371 g/mol. The third-order valence-electron chi connectivity index (χ3n) is 3.91. The predicted molar refractivity (Wildman–Crippen MR) is 106 cm³/mol. The van der Waals surface area contributed by atoms with E-state index in [1.54, 1.807) is 0 Å². The van der Waals surface area contributed by atoms with Gasteiger partial charge in [-0.25, -0.2) is 4.99 Å². The summed E-state index contributed by atoms with van der Waals surface area (Å²) < 4.78 is 2.03. The number of aromatic nitrogens is 3. The predicted octanol–water partition coefficient (Wildman–Crippen LogP) is 3.07. The molecule has 136 valence electrons. The van der Waals surface area contributed by atoms with Gasteiger partial charge in [-0.2, -0.15) is 0 Å². The fourth-order valence-electron chi connectivity index (χ4n) is 2.66. The van der Waals surface area contributed by atoms with E-state index >= 15 is 0 Å². The van der Waals surface area contributed by atoms with Crippen LogP contribution in [-0.2, 0) is 13.0 Å². The van der Waals surface area contributed by atoms with E-state index in [0.717, 1.165) is 53.9 Å². The molecule has 1 aromatic carbocycles. The van der Waals surface area contributed by atoms with Gasteiger partial charge in [0.25, 0.3) is 0 Å². The van der Waals surface area contributed by atoms with Crippen molar-refractivity contribution < 1.29 is 0 Å². The number of hydrogen-bond acceptors (Lipinski definition) is 3. The number of fused-ring (bicyclic) bond motifs is 1. The standard InChI is InChI=1S/C19H23ClN6/c1-2-21-19(23-14-15-7-5-8-16(20)13-15)22-11-6-10-18-25-24-17-9-3-4-12-26(17)18/h3-5,7-9,12-13H,2,6,10-11,14H2,1H3,(H2,21,22,23).